The molecule has 1 N–H and O–H groups in total. The molecule has 2 aromatic carbocycles. The number of hydrogen-bond acceptors (Lipinski definition) is 9. The molecule has 8 rings (SSSR count). The second kappa shape index (κ2) is 14.0. The predicted molar refractivity (Wildman–Crippen MR) is 188 cm³/mol. The van der Waals surface area contributed by atoms with Crippen LogP contribution in [0.5, 0.6) is 5.75 Å². The number of morpholine rings is 1. The Bertz CT molecular complexity index is 1990. The van der Waals surface area contributed by atoms with Crippen LogP contribution >= 0.6 is 22.9 Å². The zero-order chi connectivity index (χ0) is 33.3. The van der Waals surface area contributed by atoms with Gasteiger partial charge in [-0.3, -0.25) is 14.4 Å². The van der Waals surface area contributed by atoms with Crippen LogP contribution in [0.2, 0.25) is 5.02 Å². The highest BCUT2D eigenvalue weighted by atomic mass is 35.5. The first-order valence-corrected chi connectivity index (χ1v) is 18.0. The van der Waals surface area contributed by atoms with Crippen molar-refractivity contribution < 1.29 is 18.7 Å². The molecule has 5 heterocycles. The summed E-state index contributed by atoms with van der Waals surface area (Å²) in [6, 6.07) is 11.8. The van der Waals surface area contributed by atoms with Crippen LogP contribution in [0.4, 0.5) is 15.9 Å². The second-order valence-electron chi connectivity index (χ2n) is 12.9. The van der Waals surface area contributed by atoms with E-state index < -0.39 is 0 Å². The van der Waals surface area contributed by atoms with Crippen molar-refractivity contribution in [2.45, 2.75) is 38.8 Å². The van der Waals surface area contributed by atoms with Gasteiger partial charge in [0, 0.05) is 55.0 Å². The summed E-state index contributed by atoms with van der Waals surface area (Å²) < 4.78 is 26.9. The van der Waals surface area contributed by atoms with Gasteiger partial charge in [0.15, 0.2) is 0 Å². The molecule has 0 unspecified atom stereocenters. The smallest absolute Gasteiger partial charge is 0.236 e. The van der Waals surface area contributed by atoms with Gasteiger partial charge < -0.3 is 19.7 Å². The summed E-state index contributed by atoms with van der Waals surface area (Å²) in [5.74, 6) is 1.67. The monoisotopic (exact) mass is 701 g/mol. The molecule has 254 valence electrons. The maximum Gasteiger partial charge on any atom is 0.236 e. The molecule has 3 aliphatic rings. The number of carbonyl (C=O) groups is 1. The number of likely N-dealkylation sites (tertiary alicyclic amines) is 1. The van der Waals surface area contributed by atoms with Gasteiger partial charge in [-0.15, -0.1) is 11.3 Å². The van der Waals surface area contributed by atoms with Crippen molar-refractivity contribution in [2.75, 3.05) is 51.3 Å². The molecule has 49 heavy (non-hydrogen) atoms. The number of carbonyl (C=O) groups excluding carboxylic acids is 1. The van der Waals surface area contributed by atoms with E-state index in [1.54, 1.807) is 29.8 Å². The fourth-order valence-corrected chi connectivity index (χ4v) is 8.47. The standard InChI is InChI=1S/C36H37ClFN7O3S/c37-29-17-26(4-7-31(29)48-21-24-2-1-3-25(38)16-24)41-35-33-27-5-6-30-28(34(27)49-36(33)40-22-39-35)19-45(42-30)18-23-8-10-44(11-9-23)32(46)20-43-12-14-47-15-13-43/h1-4,7,16-17,19,22-23H,5-6,8-15,18,20-21H2,(H,39,40,41). The third-order valence-electron chi connectivity index (χ3n) is 9.63. The first kappa shape index (κ1) is 32.1. The number of thiophene rings is 1. The minimum Gasteiger partial charge on any atom is -0.487 e. The van der Waals surface area contributed by atoms with Crippen LogP contribution in [0.15, 0.2) is 55.0 Å². The maximum absolute atomic E-state index is 13.6. The molecule has 3 aromatic heterocycles. The summed E-state index contributed by atoms with van der Waals surface area (Å²) in [5.41, 5.74) is 5.05. The van der Waals surface area contributed by atoms with E-state index in [-0.39, 0.29) is 18.3 Å². The molecule has 0 atom stereocenters. The van der Waals surface area contributed by atoms with E-state index in [0.29, 0.717) is 36.4 Å². The number of benzene rings is 2. The molecule has 2 aliphatic heterocycles. The molecule has 2 fully saturated rings. The number of halogens is 2. The first-order chi connectivity index (χ1) is 24.0. The Morgan fingerprint density at radius 2 is 1.94 bits per heavy atom. The van der Waals surface area contributed by atoms with E-state index in [0.717, 1.165) is 91.4 Å². The molecule has 1 amide bonds. The zero-order valence-corrected chi connectivity index (χ0v) is 28.6. The fourth-order valence-electron chi connectivity index (χ4n) is 7.01. The number of fused-ring (bicyclic) bond motifs is 5. The number of aromatic nitrogens is 4. The molecule has 0 bridgehead atoms. The Morgan fingerprint density at radius 1 is 1.08 bits per heavy atom. The van der Waals surface area contributed by atoms with Gasteiger partial charge in [-0.2, -0.15) is 5.10 Å². The van der Waals surface area contributed by atoms with E-state index in [9.17, 15) is 9.18 Å². The molecule has 0 spiro atoms. The average Bonchev–Trinajstić information content (AvgIpc) is 3.70. The Hall–Kier alpha value is -4.10. The Kier molecular flexibility index (Phi) is 9.19. The van der Waals surface area contributed by atoms with Crippen LogP contribution in [-0.2, 0) is 35.5 Å². The van der Waals surface area contributed by atoms with Crippen LogP contribution < -0.4 is 10.1 Å². The summed E-state index contributed by atoms with van der Waals surface area (Å²) in [5, 5.41) is 9.95. The lowest BCUT2D eigenvalue weighted by Gasteiger charge is -2.34. The molecule has 2 saturated heterocycles. The quantitative estimate of drug-likeness (QED) is 0.190. The zero-order valence-electron chi connectivity index (χ0n) is 27.0. The van der Waals surface area contributed by atoms with Crippen molar-refractivity contribution in [1.29, 1.82) is 0 Å². The predicted octanol–water partition coefficient (Wildman–Crippen LogP) is 6.34. The van der Waals surface area contributed by atoms with Crippen LogP contribution in [0.25, 0.3) is 20.7 Å². The van der Waals surface area contributed by atoms with Crippen LogP contribution in [0, 0.1) is 11.7 Å². The first-order valence-electron chi connectivity index (χ1n) is 16.8. The topological polar surface area (TPSA) is 97.6 Å². The summed E-state index contributed by atoms with van der Waals surface area (Å²) in [4.78, 5) is 28.5. The largest absolute Gasteiger partial charge is 0.487 e. The summed E-state index contributed by atoms with van der Waals surface area (Å²) >= 11 is 8.27. The maximum atomic E-state index is 13.6. The number of ether oxygens (including phenoxy) is 2. The van der Waals surface area contributed by atoms with Crippen molar-refractivity contribution in [2.24, 2.45) is 5.92 Å². The van der Waals surface area contributed by atoms with Crippen molar-refractivity contribution in [3.63, 3.8) is 0 Å². The van der Waals surface area contributed by atoms with Gasteiger partial charge in [-0.25, -0.2) is 14.4 Å². The molecule has 10 nitrogen and oxygen atoms in total. The van der Waals surface area contributed by atoms with E-state index in [2.05, 4.69) is 31.1 Å². The summed E-state index contributed by atoms with van der Waals surface area (Å²) in [6.45, 7) is 6.25. The molecule has 0 saturated carbocycles. The lowest BCUT2D eigenvalue weighted by Crippen LogP contribution is -2.47. The number of rotatable bonds is 9. The molecular formula is C36H37ClFN7O3S. The number of anilines is 2. The molecular weight excluding hydrogens is 665 g/mol. The normalized spacial score (nSPS) is 16.8. The Balaban J connectivity index is 0.932. The van der Waals surface area contributed by atoms with E-state index in [1.165, 1.54) is 28.1 Å². The minimum atomic E-state index is -0.301. The second-order valence-corrected chi connectivity index (χ2v) is 14.3. The van der Waals surface area contributed by atoms with Crippen molar-refractivity contribution in [3.8, 4) is 16.2 Å². The van der Waals surface area contributed by atoms with Crippen LogP contribution in [0.1, 0.15) is 29.7 Å². The molecule has 13 heteroatoms. The fraction of sp³-hybridized carbons (Fsp3) is 0.389. The van der Waals surface area contributed by atoms with Crippen LogP contribution in [0.3, 0.4) is 0 Å². The van der Waals surface area contributed by atoms with Crippen LogP contribution in [-0.4, -0.2) is 81.4 Å². The summed E-state index contributed by atoms with van der Waals surface area (Å²) in [7, 11) is 0. The van der Waals surface area contributed by atoms with E-state index in [4.69, 9.17) is 26.2 Å². The van der Waals surface area contributed by atoms with Gasteiger partial charge in [0.25, 0.3) is 0 Å². The molecule has 0 radical (unpaired) electrons. The van der Waals surface area contributed by atoms with Crippen molar-refractivity contribution >= 4 is 50.6 Å². The lowest BCUT2D eigenvalue weighted by atomic mass is 9.95. The number of amides is 1. The minimum absolute atomic E-state index is 0.215. The van der Waals surface area contributed by atoms with Gasteiger partial charge in [-0.05, 0) is 73.1 Å². The molecule has 1 aliphatic carbocycles. The highest BCUT2D eigenvalue weighted by Crippen LogP contribution is 2.45. The number of hydrogen-bond donors (Lipinski definition) is 1. The Morgan fingerprint density at radius 3 is 2.76 bits per heavy atom. The van der Waals surface area contributed by atoms with Gasteiger partial charge in [-0.1, -0.05) is 23.7 Å². The highest BCUT2D eigenvalue weighted by molar-refractivity contribution is 7.22. The summed E-state index contributed by atoms with van der Waals surface area (Å²) in [6.07, 6.45) is 7.48. The third kappa shape index (κ3) is 7.00. The van der Waals surface area contributed by atoms with Gasteiger partial charge in [0.05, 0.1) is 35.9 Å². The van der Waals surface area contributed by atoms with Gasteiger partial charge in [0.1, 0.15) is 35.1 Å². The van der Waals surface area contributed by atoms with E-state index >= 15 is 0 Å². The number of nitrogens with one attached hydrogen (secondary N) is 1. The number of piperidine rings is 1. The lowest BCUT2D eigenvalue weighted by molar-refractivity contribution is -0.134. The average molecular weight is 702 g/mol. The third-order valence-corrected chi connectivity index (χ3v) is 11.1. The highest BCUT2D eigenvalue weighted by Gasteiger charge is 2.29. The number of aryl methyl sites for hydroxylation is 2. The molecule has 5 aromatic rings. The SMILES string of the molecule is O=C(CN1CCOCC1)N1CCC(Cn2cc3c(n2)CCc2c-3sc3ncnc(Nc4ccc(OCc5cccc(F)c5)c(Cl)c4)c23)CC1. The van der Waals surface area contributed by atoms with Gasteiger partial charge >= 0.3 is 0 Å². The van der Waals surface area contributed by atoms with Crippen molar-refractivity contribution in [1.82, 2.24) is 29.5 Å². The Labute approximate surface area is 292 Å². The van der Waals surface area contributed by atoms with Gasteiger partial charge in [0.2, 0.25) is 5.91 Å². The van der Waals surface area contributed by atoms with Crippen molar-refractivity contribution in [3.05, 3.63) is 82.6 Å². The van der Waals surface area contributed by atoms with E-state index in [1.807, 2.05) is 23.1 Å². The number of nitrogens with zero attached hydrogens (tertiary/aromatic N) is 6.